The van der Waals surface area contributed by atoms with Crippen LogP contribution in [0.1, 0.15) is 31.2 Å². The first-order valence-corrected chi connectivity index (χ1v) is 10.9. The summed E-state index contributed by atoms with van der Waals surface area (Å²) < 4.78 is 0. The number of carbonyl (C=O) groups excluding carboxylic acids is 3. The van der Waals surface area contributed by atoms with Gasteiger partial charge in [-0.05, 0) is 31.4 Å². The summed E-state index contributed by atoms with van der Waals surface area (Å²) in [4.78, 5) is 60.1. The monoisotopic (exact) mass is 478 g/mol. The van der Waals surface area contributed by atoms with E-state index in [0.29, 0.717) is 13.0 Å². The van der Waals surface area contributed by atoms with E-state index >= 15 is 0 Å². The summed E-state index contributed by atoms with van der Waals surface area (Å²) >= 11 is 0. The van der Waals surface area contributed by atoms with Gasteiger partial charge in [0, 0.05) is 12.8 Å². The number of rotatable bonds is 13. The molecule has 0 aromatic heterocycles. The Morgan fingerprint density at radius 2 is 1.59 bits per heavy atom. The zero-order valence-corrected chi connectivity index (χ0v) is 18.5. The fraction of sp³-hybridized carbons (Fsp3) is 0.500. The van der Waals surface area contributed by atoms with Crippen molar-refractivity contribution in [3.63, 3.8) is 0 Å². The molecule has 1 aliphatic rings. The van der Waals surface area contributed by atoms with Crippen LogP contribution in [-0.2, 0) is 30.4 Å². The van der Waals surface area contributed by atoms with E-state index in [4.69, 9.17) is 5.11 Å². The summed E-state index contributed by atoms with van der Waals surface area (Å²) in [6.45, 7) is -0.147. The first-order chi connectivity index (χ1) is 16.2. The van der Waals surface area contributed by atoms with Crippen molar-refractivity contribution in [2.24, 2.45) is 0 Å². The second kappa shape index (κ2) is 13.3. The van der Waals surface area contributed by atoms with Crippen molar-refractivity contribution in [2.45, 2.75) is 56.3 Å². The molecular weight excluding hydrogens is 448 g/mol. The molecule has 12 nitrogen and oxygen atoms in total. The van der Waals surface area contributed by atoms with Crippen molar-refractivity contribution in [3.05, 3.63) is 35.9 Å². The van der Waals surface area contributed by atoms with Crippen molar-refractivity contribution in [2.75, 3.05) is 13.2 Å². The van der Waals surface area contributed by atoms with Crippen LogP contribution in [0.15, 0.2) is 30.3 Å². The Kier molecular flexibility index (Phi) is 10.4. The second-order valence-electron chi connectivity index (χ2n) is 7.98. The van der Waals surface area contributed by atoms with Crippen LogP contribution in [0.25, 0.3) is 0 Å². The van der Waals surface area contributed by atoms with E-state index in [1.165, 1.54) is 0 Å². The minimum absolute atomic E-state index is 0.126. The lowest BCUT2D eigenvalue weighted by atomic mass is 10.0. The summed E-state index contributed by atoms with van der Waals surface area (Å²) in [5, 5.41) is 37.8. The van der Waals surface area contributed by atoms with Crippen LogP contribution in [-0.4, -0.2) is 82.3 Å². The number of hydrogen-bond acceptors (Lipinski definition) is 7. The van der Waals surface area contributed by atoms with Crippen molar-refractivity contribution in [1.29, 1.82) is 0 Å². The van der Waals surface area contributed by atoms with Gasteiger partial charge >= 0.3 is 11.9 Å². The topological polar surface area (TPSA) is 194 Å². The third kappa shape index (κ3) is 8.45. The molecule has 1 heterocycles. The van der Waals surface area contributed by atoms with Gasteiger partial charge in [-0.3, -0.25) is 19.2 Å². The molecule has 34 heavy (non-hydrogen) atoms. The molecule has 186 valence electrons. The Labute approximate surface area is 196 Å². The van der Waals surface area contributed by atoms with Crippen LogP contribution < -0.4 is 21.3 Å². The molecule has 0 bridgehead atoms. The van der Waals surface area contributed by atoms with E-state index in [1.807, 2.05) is 0 Å². The maximum absolute atomic E-state index is 13.0. The van der Waals surface area contributed by atoms with E-state index in [0.717, 1.165) is 12.0 Å². The molecule has 0 spiro atoms. The Morgan fingerprint density at radius 3 is 2.15 bits per heavy atom. The SMILES string of the molecule is O=C(O)CCC(NC(=O)C(CO)NC(=O)C(Cc1ccccc1)NC(=O)C1CCCN1)C(=O)O. The normalized spacial score (nSPS) is 17.7. The molecule has 4 unspecified atom stereocenters. The number of hydrogen-bond donors (Lipinski definition) is 7. The Balaban J connectivity index is 2.08. The van der Waals surface area contributed by atoms with Crippen molar-refractivity contribution >= 4 is 29.7 Å². The first kappa shape index (κ1) is 26.7. The van der Waals surface area contributed by atoms with Gasteiger partial charge in [0.2, 0.25) is 17.7 Å². The van der Waals surface area contributed by atoms with Gasteiger partial charge in [0.25, 0.3) is 0 Å². The molecule has 1 aromatic rings. The van der Waals surface area contributed by atoms with Gasteiger partial charge < -0.3 is 36.6 Å². The van der Waals surface area contributed by atoms with Crippen molar-refractivity contribution < 1.29 is 39.3 Å². The van der Waals surface area contributed by atoms with E-state index in [1.54, 1.807) is 30.3 Å². The lowest BCUT2D eigenvalue weighted by molar-refractivity contribution is -0.143. The standard InChI is InChI=1S/C22H30N4O8/c27-12-17(21(32)24-15(22(33)34)8-9-18(28)29)26-20(31)16(11-13-5-2-1-3-6-13)25-19(30)14-7-4-10-23-14/h1-3,5-6,14-17,23,27H,4,7-12H2,(H,24,32)(H,25,30)(H,26,31)(H,28,29)(H,33,34). The number of benzene rings is 1. The van der Waals surface area contributed by atoms with Gasteiger partial charge in [-0.25, -0.2) is 4.79 Å². The van der Waals surface area contributed by atoms with Crippen LogP contribution in [0.2, 0.25) is 0 Å². The minimum atomic E-state index is -1.51. The van der Waals surface area contributed by atoms with Gasteiger partial charge in [0.15, 0.2) is 0 Å². The maximum atomic E-state index is 13.0. The summed E-state index contributed by atoms with van der Waals surface area (Å²) in [5.74, 6) is -4.77. The van der Waals surface area contributed by atoms with E-state index in [2.05, 4.69) is 21.3 Å². The van der Waals surface area contributed by atoms with Crippen LogP contribution in [0.4, 0.5) is 0 Å². The number of aliphatic hydroxyl groups is 1. The number of nitrogens with one attached hydrogen (secondary N) is 4. The molecule has 1 fully saturated rings. The molecule has 1 aromatic carbocycles. The van der Waals surface area contributed by atoms with Crippen LogP contribution >= 0.6 is 0 Å². The number of carboxylic acid groups (broad SMARTS) is 2. The third-order valence-electron chi connectivity index (χ3n) is 5.37. The van der Waals surface area contributed by atoms with E-state index in [9.17, 15) is 34.2 Å². The second-order valence-corrected chi connectivity index (χ2v) is 7.98. The van der Waals surface area contributed by atoms with Crippen molar-refractivity contribution in [3.8, 4) is 0 Å². The summed E-state index contributed by atoms with van der Waals surface area (Å²) in [5.41, 5.74) is 0.756. The fourth-order valence-corrected chi connectivity index (χ4v) is 3.50. The predicted octanol–water partition coefficient (Wildman–Crippen LogP) is -1.62. The molecule has 0 radical (unpaired) electrons. The number of carboxylic acids is 2. The molecule has 3 amide bonds. The predicted molar refractivity (Wildman–Crippen MR) is 119 cm³/mol. The molecule has 0 aliphatic carbocycles. The third-order valence-corrected chi connectivity index (χ3v) is 5.37. The highest BCUT2D eigenvalue weighted by molar-refractivity contribution is 5.94. The molecule has 12 heteroatoms. The van der Waals surface area contributed by atoms with Gasteiger partial charge in [0.1, 0.15) is 18.1 Å². The van der Waals surface area contributed by atoms with Crippen LogP contribution in [0, 0.1) is 0 Å². The van der Waals surface area contributed by atoms with Gasteiger partial charge in [-0.15, -0.1) is 0 Å². The highest BCUT2D eigenvalue weighted by Gasteiger charge is 2.31. The summed E-state index contributed by atoms with van der Waals surface area (Å²) in [6, 6.07) is 4.40. The highest BCUT2D eigenvalue weighted by Crippen LogP contribution is 2.08. The lowest BCUT2D eigenvalue weighted by Crippen LogP contribution is -2.58. The average Bonchev–Trinajstić information content (AvgIpc) is 3.35. The quantitative estimate of drug-likeness (QED) is 0.174. The Hall–Kier alpha value is -3.51. The summed E-state index contributed by atoms with van der Waals surface area (Å²) in [7, 11) is 0. The molecule has 2 rings (SSSR count). The average molecular weight is 479 g/mol. The minimum Gasteiger partial charge on any atom is -0.481 e. The fourth-order valence-electron chi connectivity index (χ4n) is 3.50. The van der Waals surface area contributed by atoms with Crippen LogP contribution in [0.3, 0.4) is 0 Å². The molecule has 4 atom stereocenters. The maximum Gasteiger partial charge on any atom is 0.326 e. The van der Waals surface area contributed by atoms with E-state index < -0.39 is 60.9 Å². The largest absolute Gasteiger partial charge is 0.481 e. The molecular formula is C22H30N4O8. The molecule has 1 aliphatic heterocycles. The summed E-state index contributed by atoms with van der Waals surface area (Å²) in [6.07, 6.45) is 0.714. The van der Waals surface area contributed by atoms with Gasteiger partial charge in [-0.1, -0.05) is 30.3 Å². The van der Waals surface area contributed by atoms with Gasteiger partial charge in [0.05, 0.1) is 12.6 Å². The molecule has 1 saturated heterocycles. The Bertz CT molecular complexity index is 873. The number of carbonyl (C=O) groups is 5. The molecule has 7 N–H and O–H groups in total. The lowest BCUT2D eigenvalue weighted by Gasteiger charge is -2.24. The molecule has 0 saturated carbocycles. The first-order valence-electron chi connectivity index (χ1n) is 10.9. The highest BCUT2D eigenvalue weighted by atomic mass is 16.4. The number of aliphatic carboxylic acids is 2. The zero-order valence-electron chi connectivity index (χ0n) is 18.5. The van der Waals surface area contributed by atoms with Crippen molar-refractivity contribution in [1.82, 2.24) is 21.3 Å². The zero-order chi connectivity index (χ0) is 25.1. The van der Waals surface area contributed by atoms with Crippen LogP contribution in [0.5, 0.6) is 0 Å². The number of amides is 3. The van der Waals surface area contributed by atoms with E-state index in [-0.39, 0.29) is 18.7 Å². The van der Waals surface area contributed by atoms with Gasteiger partial charge in [-0.2, -0.15) is 0 Å². The smallest absolute Gasteiger partial charge is 0.326 e. The number of aliphatic hydroxyl groups excluding tert-OH is 1. The Morgan fingerprint density at radius 1 is 0.941 bits per heavy atom.